The number of nitrogens with two attached hydrogens (primary N) is 1. The van der Waals surface area contributed by atoms with Crippen molar-refractivity contribution in [2.75, 3.05) is 39.5 Å². The van der Waals surface area contributed by atoms with E-state index in [2.05, 4.69) is 37.2 Å². The van der Waals surface area contributed by atoms with Crippen LogP contribution in [0.5, 0.6) is 5.75 Å². The summed E-state index contributed by atoms with van der Waals surface area (Å²) >= 11 is 0. The van der Waals surface area contributed by atoms with Crippen molar-refractivity contribution in [2.45, 2.75) is 186 Å². The predicted molar refractivity (Wildman–Crippen MR) is 314 cm³/mol. The molecule has 24 N–H and O–H groups in total. The molecule has 25 atom stereocenters. The molecular weight excluding hydrogens is 1240 g/mol. The van der Waals surface area contributed by atoms with Gasteiger partial charge in [-0.1, -0.05) is 63.2 Å². The third-order valence-corrected chi connectivity index (χ3v) is 16.5. The molecule has 4 amide bonds. The van der Waals surface area contributed by atoms with Gasteiger partial charge in [0.2, 0.25) is 36.2 Å². The number of nitrogens with one attached hydrogen (secondary N) is 9. The van der Waals surface area contributed by atoms with Crippen molar-refractivity contribution in [2.24, 2.45) is 11.7 Å². The first kappa shape index (κ1) is 73.5. The number of nitrogens with zero attached hydrogens (tertiary/aromatic N) is 1. The molecule has 36 heteroatoms. The molecule has 93 heavy (non-hydrogen) atoms. The number of aliphatic hydroxyl groups is 13. The zero-order valence-electron chi connectivity index (χ0n) is 50.6. The Hall–Kier alpha value is -6.92. The summed E-state index contributed by atoms with van der Waals surface area (Å²) in [7, 11) is 0. The van der Waals surface area contributed by atoms with Crippen LogP contribution in [-0.4, -0.2) is 305 Å². The van der Waals surface area contributed by atoms with E-state index < -0.39 is 227 Å². The Kier molecular flexibility index (Phi) is 26.0. The van der Waals surface area contributed by atoms with Crippen LogP contribution < -0.4 is 47.7 Å². The minimum absolute atomic E-state index is 0.0538. The number of amides is 4. The Labute approximate surface area is 531 Å². The number of ether oxygens (including phenoxy) is 6. The van der Waals surface area contributed by atoms with Crippen LogP contribution in [0, 0.1) is 16.7 Å². The quantitative estimate of drug-likeness (QED) is 0.0336. The van der Waals surface area contributed by atoms with Crippen molar-refractivity contribution in [3.05, 3.63) is 65.7 Å². The molecule has 0 saturated carbocycles. The second-order valence-corrected chi connectivity index (χ2v) is 23.6. The smallest absolute Gasteiger partial charge is 0.306 e. The molecule has 5 heterocycles. The lowest BCUT2D eigenvalue weighted by Gasteiger charge is -2.46. The van der Waals surface area contributed by atoms with Gasteiger partial charge in [-0.05, 0) is 29.2 Å². The summed E-state index contributed by atoms with van der Waals surface area (Å²) in [6, 6.07) is 1.78. The Bertz CT molecular complexity index is 2850. The monoisotopic (exact) mass is 1320 g/mol. The second-order valence-electron chi connectivity index (χ2n) is 23.6. The van der Waals surface area contributed by atoms with Gasteiger partial charge >= 0.3 is 5.97 Å². The number of hydrogen-bond acceptors (Lipinski definition) is 28. The Morgan fingerprint density at radius 1 is 0.677 bits per heavy atom. The van der Waals surface area contributed by atoms with Gasteiger partial charge in [-0.15, -0.1) is 0 Å². The molecule has 2 aromatic carbocycles. The maximum atomic E-state index is 14.9. The molecule has 0 aromatic heterocycles. The van der Waals surface area contributed by atoms with E-state index in [-0.39, 0.29) is 36.2 Å². The van der Waals surface area contributed by atoms with Crippen LogP contribution in [0.25, 0.3) is 0 Å². The lowest BCUT2D eigenvalue weighted by molar-refractivity contribution is -0.353. The van der Waals surface area contributed by atoms with Crippen LogP contribution in [0.3, 0.4) is 0 Å². The van der Waals surface area contributed by atoms with Crippen LogP contribution in [-0.2, 0) is 58.9 Å². The molecule has 25 unspecified atom stereocenters. The predicted octanol–water partition coefficient (Wildman–Crippen LogP) is -10.8. The normalized spacial score (nSPS) is 32.2. The molecule has 2 aromatic rings. The molecule has 1 radical (unpaired) electrons. The molecule has 5 aliphatic rings. The number of aliphatic hydroxyl groups excluding tert-OH is 13. The second kappa shape index (κ2) is 33.0. The molecule has 5 fully saturated rings. The van der Waals surface area contributed by atoms with E-state index in [0.717, 1.165) is 4.90 Å². The van der Waals surface area contributed by atoms with Gasteiger partial charge in [0, 0.05) is 31.8 Å². The van der Waals surface area contributed by atoms with Crippen LogP contribution in [0.15, 0.2) is 54.6 Å². The molecule has 36 nitrogen and oxygen atoms in total. The number of hydrogen-bond donors (Lipinski definition) is 23. The zero-order valence-corrected chi connectivity index (χ0v) is 50.6. The minimum Gasteiger partial charge on any atom is -0.462 e. The summed E-state index contributed by atoms with van der Waals surface area (Å²) in [6.07, 6.45) is -30.2. The van der Waals surface area contributed by atoms with E-state index in [1.54, 1.807) is 51.1 Å². The molecule has 0 spiro atoms. The van der Waals surface area contributed by atoms with E-state index in [1.807, 2.05) is 0 Å². The molecule has 5 aliphatic heterocycles. The summed E-state index contributed by atoms with van der Waals surface area (Å²) < 4.78 is 34.0. The van der Waals surface area contributed by atoms with Gasteiger partial charge < -0.3 is 143 Å². The fourth-order valence-electron chi connectivity index (χ4n) is 11.2. The lowest BCUT2D eigenvalue weighted by atomic mass is 9.93. The van der Waals surface area contributed by atoms with Gasteiger partial charge in [-0.2, -0.15) is 0 Å². The number of esters is 1. The van der Waals surface area contributed by atoms with Gasteiger partial charge in [0.05, 0.1) is 44.6 Å². The number of guanidine groups is 2. The molecule has 0 bridgehead atoms. The largest absolute Gasteiger partial charge is 0.462 e. The highest BCUT2D eigenvalue weighted by atomic mass is 16.7. The highest BCUT2D eigenvalue weighted by Gasteiger charge is 2.55. The third kappa shape index (κ3) is 17.5. The Morgan fingerprint density at radius 2 is 1.27 bits per heavy atom. The summed E-state index contributed by atoms with van der Waals surface area (Å²) in [4.78, 5) is 83.2. The van der Waals surface area contributed by atoms with Crippen molar-refractivity contribution in [1.82, 2.24) is 42.1 Å². The van der Waals surface area contributed by atoms with Crippen LogP contribution in [0.4, 0.5) is 0 Å². The van der Waals surface area contributed by atoms with E-state index in [0.29, 0.717) is 5.56 Å². The zero-order chi connectivity index (χ0) is 68.3. The number of rotatable bonds is 29. The first-order chi connectivity index (χ1) is 44.2. The van der Waals surface area contributed by atoms with Gasteiger partial charge in [0.15, 0.2) is 30.5 Å². The van der Waals surface area contributed by atoms with Crippen molar-refractivity contribution < 1.29 is 124 Å². The molecule has 5 saturated heterocycles. The van der Waals surface area contributed by atoms with Crippen molar-refractivity contribution in [3.8, 4) is 5.75 Å². The highest BCUT2D eigenvalue weighted by molar-refractivity contribution is 5.96. The minimum atomic E-state index is -2.30. The summed E-state index contributed by atoms with van der Waals surface area (Å²) in [6.45, 7) is 0.770. The number of carbonyl (C=O) groups is 5. The number of carbonyl (C=O) groups excluding carboxylic acids is 6. The average Bonchev–Trinajstić information content (AvgIpc) is 1.77. The molecule has 7 rings (SSSR count). The average molecular weight is 1320 g/mol. The van der Waals surface area contributed by atoms with E-state index in [4.69, 9.17) is 45.0 Å². The Morgan fingerprint density at radius 3 is 1.87 bits per heavy atom. The van der Waals surface area contributed by atoms with Gasteiger partial charge in [-0.3, -0.25) is 39.6 Å². The summed E-state index contributed by atoms with van der Waals surface area (Å²) in [5.74, 6) is -7.46. The van der Waals surface area contributed by atoms with Crippen molar-refractivity contribution in [3.63, 3.8) is 0 Å². The maximum absolute atomic E-state index is 14.9. The standard InChI is InChI=1S/C57H84N11O25/c1-22(2)13-34(74)92-47-32(20-72)91-55(46(83)42(47)79)93-48-33(21-73)90-54(45(82)43(48)80)88-27-11-9-24(10-12-27)14-28(64-50(85)35(58)23(3)25-7-5-4-6-8-25)49(84)66-36(38(75)29-15-61-56(59)65-29)52(87)67-37(51(86)63-26(17-69)18-70)39(76)30-16-62-57(60)68(30)53-44(81)41(78)40(77)31(19-71)89-53/h4-12,22-23,26,28-33,35-48,53-55,69,71-73,75-83H,13-17,19-21,58H2,1-3H3,(H2,60,62)(H,63,86)(H,64,85)(H,66,84)(H,67,87)(H3,59,61,65). The fraction of sp³-hybridized carbons (Fsp3) is 0.649. The topological polar surface area (TPSA) is 582 Å². The fourth-order valence-corrected chi connectivity index (χ4v) is 11.2. The van der Waals surface area contributed by atoms with E-state index >= 15 is 0 Å². The van der Waals surface area contributed by atoms with Crippen LogP contribution in [0.1, 0.15) is 44.2 Å². The summed E-state index contributed by atoms with van der Waals surface area (Å²) in [5.41, 5.74) is 7.38. The van der Waals surface area contributed by atoms with Crippen molar-refractivity contribution in [1.29, 1.82) is 10.8 Å². The van der Waals surface area contributed by atoms with E-state index in [9.17, 15) is 95.2 Å². The Balaban J connectivity index is 1.13. The highest BCUT2D eigenvalue weighted by Crippen LogP contribution is 2.33. The number of benzene rings is 2. The first-order valence-electron chi connectivity index (χ1n) is 29.9. The molecule has 517 valence electrons. The SMILES string of the molecule is CC(C)CC(=O)OC1C(CO)OC(OC2C(CO)OC(Oc3ccc(CC(NC(=O)C(N)C(C)c4ccccc4)C(=O)NC(C(=O)NC(C(=O)NC([C]=O)CO)C(O)C4CNC(=N)N4C4OC(CO)C(O)C(O)C4O)C(O)C4CNC(=N)N4)cc3)C(O)C2O)C(O)C1O. The molecular formula is C57H84N11O25. The van der Waals surface area contributed by atoms with Gasteiger partial charge in [-0.25, -0.2) is 0 Å². The van der Waals surface area contributed by atoms with Crippen LogP contribution in [0.2, 0.25) is 0 Å². The summed E-state index contributed by atoms with van der Waals surface area (Å²) in [5, 5.41) is 175. The third-order valence-electron chi connectivity index (χ3n) is 16.5. The maximum Gasteiger partial charge on any atom is 0.306 e. The van der Waals surface area contributed by atoms with Gasteiger partial charge in [0.1, 0.15) is 109 Å². The van der Waals surface area contributed by atoms with Gasteiger partial charge in [0.25, 0.3) is 0 Å². The van der Waals surface area contributed by atoms with Crippen molar-refractivity contribution >= 4 is 47.8 Å². The first-order valence-corrected chi connectivity index (χ1v) is 29.9. The molecule has 0 aliphatic carbocycles. The lowest BCUT2D eigenvalue weighted by Crippen LogP contribution is -2.69. The van der Waals surface area contributed by atoms with Crippen LogP contribution >= 0.6 is 0 Å². The van der Waals surface area contributed by atoms with E-state index in [1.165, 1.54) is 30.6 Å².